The van der Waals surface area contributed by atoms with E-state index < -0.39 is 17.9 Å². The third-order valence-electron chi connectivity index (χ3n) is 11.3. The molecular formula is C30H46O6. The van der Waals surface area contributed by atoms with E-state index in [1.165, 1.54) is 6.42 Å². The van der Waals surface area contributed by atoms with Crippen molar-refractivity contribution < 1.29 is 29.7 Å². The van der Waals surface area contributed by atoms with E-state index in [0.717, 1.165) is 50.5 Å². The zero-order valence-electron chi connectivity index (χ0n) is 23.0. The Hall–Kier alpha value is -2.11. The van der Waals surface area contributed by atoms with Gasteiger partial charge in [0.1, 0.15) is 0 Å². The zero-order chi connectivity index (χ0) is 27.1. The number of aliphatic carboxylic acids is 3. The highest BCUT2D eigenvalue weighted by Crippen LogP contribution is 2.74. The lowest BCUT2D eigenvalue weighted by atomic mass is 9.40. The Balaban J connectivity index is 1.90. The van der Waals surface area contributed by atoms with E-state index in [1.807, 2.05) is 6.08 Å². The number of carbonyl (C=O) groups is 3. The van der Waals surface area contributed by atoms with E-state index in [1.54, 1.807) is 13.8 Å². The summed E-state index contributed by atoms with van der Waals surface area (Å²) < 4.78 is 0. The average molecular weight is 503 g/mol. The van der Waals surface area contributed by atoms with Crippen molar-refractivity contribution in [1.29, 1.82) is 0 Å². The van der Waals surface area contributed by atoms with Crippen LogP contribution in [0.5, 0.6) is 0 Å². The number of rotatable bonds is 9. The standard InChI is InChI=1S/C30H46O6/c1-18(8-7-9-19(2)26(33)34)22-14-15-30(6)24-12-10-21(20(3)27(35)36)23(11-13-25(31)32)28(24,4)16-17-29(22,30)5/h9,18,22-24H,7-8,10-17H2,1-6H3,(H,31,32)(H,33,34)(H,35,36)/t18-,22-,23?,24-,28+,29-,30+/m1/s1. The molecule has 202 valence electrons. The van der Waals surface area contributed by atoms with Crippen molar-refractivity contribution in [1.82, 2.24) is 0 Å². The summed E-state index contributed by atoms with van der Waals surface area (Å²) in [6, 6.07) is 0. The van der Waals surface area contributed by atoms with E-state index in [-0.39, 0.29) is 28.6 Å². The first-order valence-electron chi connectivity index (χ1n) is 13.7. The van der Waals surface area contributed by atoms with Crippen molar-refractivity contribution in [2.75, 3.05) is 0 Å². The first-order valence-corrected chi connectivity index (χ1v) is 13.7. The molecule has 0 bridgehead atoms. The molecule has 3 fully saturated rings. The molecule has 1 unspecified atom stereocenters. The largest absolute Gasteiger partial charge is 0.481 e. The van der Waals surface area contributed by atoms with Gasteiger partial charge in [-0.3, -0.25) is 4.79 Å². The molecule has 0 aromatic rings. The molecule has 6 heteroatoms. The fraction of sp³-hybridized carbons (Fsp3) is 0.767. The van der Waals surface area contributed by atoms with Crippen molar-refractivity contribution in [3.05, 3.63) is 22.8 Å². The molecule has 3 N–H and O–H groups in total. The van der Waals surface area contributed by atoms with Crippen molar-refractivity contribution in [3.63, 3.8) is 0 Å². The minimum atomic E-state index is -0.888. The second-order valence-electron chi connectivity index (χ2n) is 12.8. The summed E-state index contributed by atoms with van der Waals surface area (Å²) in [5, 5.41) is 28.4. The van der Waals surface area contributed by atoms with Gasteiger partial charge in [-0.2, -0.15) is 0 Å². The lowest BCUT2D eigenvalue weighted by Gasteiger charge is -2.65. The lowest BCUT2D eigenvalue weighted by Crippen LogP contribution is -2.57. The number of carboxylic acid groups (broad SMARTS) is 3. The van der Waals surface area contributed by atoms with E-state index in [0.29, 0.717) is 35.3 Å². The summed E-state index contributed by atoms with van der Waals surface area (Å²) in [6.07, 6.45) is 10.3. The van der Waals surface area contributed by atoms with E-state index >= 15 is 0 Å². The van der Waals surface area contributed by atoms with E-state index in [2.05, 4.69) is 27.7 Å². The van der Waals surface area contributed by atoms with Crippen LogP contribution in [0.4, 0.5) is 0 Å². The monoisotopic (exact) mass is 502 g/mol. The topological polar surface area (TPSA) is 112 Å². The summed E-state index contributed by atoms with van der Waals surface area (Å²) in [7, 11) is 0. The smallest absolute Gasteiger partial charge is 0.331 e. The third kappa shape index (κ3) is 4.77. The Labute approximate surface area is 216 Å². The minimum absolute atomic E-state index is 0.00886. The second-order valence-corrected chi connectivity index (χ2v) is 12.8. The Morgan fingerprint density at radius 3 is 2.22 bits per heavy atom. The van der Waals surface area contributed by atoms with E-state index in [9.17, 15) is 24.6 Å². The van der Waals surface area contributed by atoms with Crippen LogP contribution in [0.1, 0.15) is 106 Å². The fourth-order valence-electron chi connectivity index (χ4n) is 9.02. The van der Waals surface area contributed by atoms with Gasteiger partial charge in [-0.25, -0.2) is 9.59 Å². The number of fused-ring (bicyclic) bond motifs is 3. The van der Waals surface area contributed by atoms with Crippen molar-refractivity contribution in [2.45, 2.75) is 106 Å². The zero-order valence-corrected chi connectivity index (χ0v) is 23.0. The van der Waals surface area contributed by atoms with Gasteiger partial charge in [-0.05, 0) is 112 Å². The molecule has 3 aliphatic carbocycles. The van der Waals surface area contributed by atoms with Gasteiger partial charge in [0.15, 0.2) is 0 Å². The average Bonchev–Trinajstić information content (AvgIpc) is 3.07. The van der Waals surface area contributed by atoms with Crippen LogP contribution in [-0.2, 0) is 14.4 Å². The second kappa shape index (κ2) is 10.3. The number of hydrogen-bond acceptors (Lipinski definition) is 3. The van der Waals surface area contributed by atoms with Crippen LogP contribution < -0.4 is 0 Å². The fourth-order valence-corrected chi connectivity index (χ4v) is 9.02. The normalized spacial score (nSPS) is 38.6. The summed E-state index contributed by atoms with van der Waals surface area (Å²) in [4.78, 5) is 34.6. The highest BCUT2D eigenvalue weighted by molar-refractivity contribution is 5.87. The van der Waals surface area contributed by atoms with Crippen LogP contribution >= 0.6 is 0 Å². The van der Waals surface area contributed by atoms with Crippen LogP contribution in [0.25, 0.3) is 0 Å². The highest BCUT2D eigenvalue weighted by Gasteiger charge is 2.66. The molecule has 0 aromatic heterocycles. The first-order chi connectivity index (χ1) is 16.7. The Morgan fingerprint density at radius 2 is 1.64 bits per heavy atom. The van der Waals surface area contributed by atoms with Gasteiger partial charge in [0.25, 0.3) is 0 Å². The summed E-state index contributed by atoms with van der Waals surface area (Å²) in [5.41, 5.74) is 1.98. The summed E-state index contributed by atoms with van der Waals surface area (Å²) in [5.74, 6) is -1.07. The molecule has 0 amide bonds. The first kappa shape index (κ1) is 28.5. The maximum atomic E-state index is 11.9. The maximum Gasteiger partial charge on any atom is 0.331 e. The molecular weight excluding hydrogens is 456 g/mol. The van der Waals surface area contributed by atoms with Crippen LogP contribution in [-0.4, -0.2) is 33.2 Å². The number of hydrogen-bond donors (Lipinski definition) is 3. The molecule has 0 radical (unpaired) electrons. The molecule has 0 spiro atoms. The van der Waals surface area contributed by atoms with Crippen molar-refractivity contribution in [2.24, 2.45) is 39.9 Å². The van der Waals surface area contributed by atoms with E-state index in [4.69, 9.17) is 5.11 Å². The Morgan fingerprint density at radius 1 is 0.972 bits per heavy atom. The van der Waals surface area contributed by atoms with Crippen LogP contribution in [0.2, 0.25) is 0 Å². The van der Waals surface area contributed by atoms with Gasteiger partial charge in [0.05, 0.1) is 0 Å². The maximum absolute atomic E-state index is 11.9. The predicted octanol–water partition coefficient (Wildman–Crippen LogP) is 6.95. The molecule has 3 rings (SSSR count). The third-order valence-corrected chi connectivity index (χ3v) is 11.3. The van der Waals surface area contributed by atoms with Gasteiger partial charge in [0, 0.05) is 17.6 Å². The van der Waals surface area contributed by atoms with Gasteiger partial charge in [-0.15, -0.1) is 0 Å². The van der Waals surface area contributed by atoms with Gasteiger partial charge < -0.3 is 15.3 Å². The van der Waals surface area contributed by atoms with Crippen LogP contribution in [0.3, 0.4) is 0 Å². The predicted molar refractivity (Wildman–Crippen MR) is 139 cm³/mol. The molecule has 0 aromatic carbocycles. The molecule has 6 nitrogen and oxygen atoms in total. The van der Waals surface area contributed by atoms with Gasteiger partial charge >= 0.3 is 17.9 Å². The van der Waals surface area contributed by atoms with Crippen LogP contribution in [0, 0.1) is 39.9 Å². The molecule has 3 aliphatic rings. The Bertz CT molecular complexity index is 962. The summed E-state index contributed by atoms with van der Waals surface area (Å²) >= 11 is 0. The highest BCUT2D eigenvalue weighted by atomic mass is 16.4. The number of carboxylic acids is 3. The molecule has 36 heavy (non-hydrogen) atoms. The quantitative estimate of drug-likeness (QED) is 0.294. The summed E-state index contributed by atoms with van der Waals surface area (Å²) in [6.45, 7) is 12.9. The lowest BCUT2D eigenvalue weighted by molar-refractivity contribution is -0.148. The van der Waals surface area contributed by atoms with Crippen LogP contribution in [0.15, 0.2) is 22.8 Å². The van der Waals surface area contributed by atoms with Gasteiger partial charge in [0.2, 0.25) is 0 Å². The molecule has 3 saturated carbocycles. The molecule has 7 atom stereocenters. The molecule has 0 aliphatic heterocycles. The molecule has 0 saturated heterocycles. The minimum Gasteiger partial charge on any atom is -0.481 e. The number of allylic oxidation sites excluding steroid dienone is 2. The van der Waals surface area contributed by atoms with Gasteiger partial charge in [-0.1, -0.05) is 39.3 Å². The SMILES string of the molecule is CC(=CCC[C@@H](C)[C@H]1CC[C@@]2(C)[C@@H]3CCC(=C(C)C(=O)O)C(CCC(=O)O)[C@]3(C)CC[C@]12C)C(=O)O. The Kier molecular flexibility index (Phi) is 8.17. The van der Waals surface area contributed by atoms with Crippen molar-refractivity contribution in [3.8, 4) is 0 Å². The van der Waals surface area contributed by atoms with Crippen molar-refractivity contribution >= 4 is 17.9 Å². The molecule has 0 heterocycles.